The van der Waals surface area contributed by atoms with E-state index >= 15 is 0 Å². The summed E-state index contributed by atoms with van der Waals surface area (Å²) >= 11 is 0. The fraction of sp³-hybridized carbons (Fsp3) is 0. The molecule has 0 aliphatic heterocycles. The second-order valence-corrected chi connectivity index (χ2v) is 2.81. The standard InChI is InChI=1S/2H3O4P.2H2O.Ti/c2*1-5(2,3)4;;;/h2*(H3,1,2,3,4);2*1H2;/q;;;;+4/p-4. The van der Waals surface area contributed by atoms with E-state index in [-0.39, 0.29) is 32.7 Å². The Hall–Kier alpha value is 0.854. The van der Waals surface area contributed by atoms with Crippen LogP contribution in [0.1, 0.15) is 0 Å². The third-order valence-corrected chi connectivity index (χ3v) is 0. The molecule has 0 aliphatic rings. The maximum atomic E-state index is 8.66. The summed E-state index contributed by atoms with van der Waals surface area (Å²) in [6.07, 6.45) is 0. The third-order valence-electron chi connectivity index (χ3n) is 0. The van der Waals surface area contributed by atoms with Crippen LogP contribution in [-0.2, 0) is 30.8 Å². The van der Waals surface area contributed by atoms with Crippen molar-refractivity contribution in [2.75, 3.05) is 0 Å². The van der Waals surface area contributed by atoms with Gasteiger partial charge >= 0.3 is 21.7 Å². The average molecular weight is 276 g/mol. The first-order valence-electron chi connectivity index (χ1n) is 1.50. The summed E-state index contributed by atoms with van der Waals surface area (Å²) in [6, 6.07) is 0. The first-order valence-corrected chi connectivity index (χ1v) is 4.49. The molecule has 0 atom stereocenters. The van der Waals surface area contributed by atoms with Crippen LogP contribution in [0.2, 0.25) is 0 Å². The van der Waals surface area contributed by atoms with Gasteiger partial charge in [0.25, 0.3) is 0 Å². The van der Waals surface area contributed by atoms with Crippen molar-refractivity contribution in [1.82, 2.24) is 0 Å². The topological polar surface area (TPSA) is 230 Å². The van der Waals surface area contributed by atoms with Gasteiger partial charge in [-0.15, -0.1) is 0 Å². The van der Waals surface area contributed by atoms with Gasteiger partial charge in [-0.05, 0) is 0 Å². The molecule has 0 unspecified atom stereocenters. The molecular weight excluding hydrogens is 270 g/mol. The first-order chi connectivity index (χ1) is 4.00. The molecule has 0 bridgehead atoms. The smallest absolute Gasteiger partial charge is 0.790 e. The Morgan fingerprint density at radius 3 is 0.769 bits per heavy atom. The van der Waals surface area contributed by atoms with Gasteiger partial charge in [0.2, 0.25) is 0 Å². The van der Waals surface area contributed by atoms with Crippen molar-refractivity contribution in [3.63, 3.8) is 0 Å². The van der Waals surface area contributed by atoms with Crippen LogP contribution in [0.15, 0.2) is 0 Å². The second kappa shape index (κ2) is 10.9. The predicted octanol–water partition coefficient (Wildman–Crippen LogP) is -6.04. The van der Waals surface area contributed by atoms with Crippen molar-refractivity contribution < 1.29 is 71.2 Å². The minimum absolute atomic E-state index is 0. The monoisotopic (exact) mass is 276 g/mol. The van der Waals surface area contributed by atoms with Gasteiger partial charge in [-0.3, -0.25) is 0 Å². The van der Waals surface area contributed by atoms with Gasteiger partial charge in [0.1, 0.15) is 0 Å². The summed E-state index contributed by atoms with van der Waals surface area (Å²) in [7, 11) is -10.3. The maximum absolute atomic E-state index is 8.66. The quantitative estimate of drug-likeness (QED) is 0.318. The molecule has 13 heteroatoms. The van der Waals surface area contributed by atoms with Crippen LogP contribution in [0, 0.1) is 0 Å². The Kier molecular flexibility index (Phi) is 24.6. The van der Waals surface area contributed by atoms with Crippen LogP contribution in [0.5, 0.6) is 0 Å². The number of hydrogen-bond acceptors (Lipinski definition) is 6. The van der Waals surface area contributed by atoms with Crippen LogP contribution in [0.25, 0.3) is 0 Å². The van der Waals surface area contributed by atoms with E-state index in [0.29, 0.717) is 0 Å². The summed E-state index contributed by atoms with van der Waals surface area (Å²) in [4.78, 5) is 48.6. The summed E-state index contributed by atoms with van der Waals surface area (Å²) in [5, 5.41) is 0. The Morgan fingerprint density at radius 2 is 0.769 bits per heavy atom. The van der Waals surface area contributed by atoms with Gasteiger partial charge in [-0.25, -0.2) is 0 Å². The Bertz CT molecular complexity index is 125. The van der Waals surface area contributed by atoms with Crippen molar-refractivity contribution in [2.45, 2.75) is 0 Å². The molecule has 0 aromatic rings. The molecule has 80 valence electrons. The minimum atomic E-state index is -5.14. The molecule has 0 spiro atoms. The van der Waals surface area contributed by atoms with E-state index in [2.05, 4.69) is 0 Å². The molecule has 0 amide bonds. The van der Waals surface area contributed by atoms with Crippen LogP contribution in [0.4, 0.5) is 0 Å². The molecular formula is H6O10P2Ti. The van der Waals surface area contributed by atoms with E-state index in [4.69, 9.17) is 38.5 Å². The van der Waals surface area contributed by atoms with Crippen molar-refractivity contribution in [1.29, 1.82) is 0 Å². The van der Waals surface area contributed by atoms with Crippen LogP contribution in [0.3, 0.4) is 0 Å². The molecule has 10 nitrogen and oxygen atoms in total. The SMILES string of the molecule is O.O.O=P([O-])([O-])O.O=P([O-])([O-])O.[Ti+4]. The number of rotatable bonds is 0. The average Bonchev–Trinajstić information content (AvgIpc) is 1.12. The first kappa shape index (κ1) is 29.2. The molecule has 0 saturated heterocycles. The zero-order chi connectivity index (χ0) is 9.00. The largest absolute Gasteiger partial charge is 4.00 e. The molecule has 0 aromatic heterocycles. The van der Waals surface area contributed by atoms with E-state index < -0.39 is 15.6 Å². The van der Waals surface area contributed by atoms with Gasteiger partial charge in [-0.2, -0.15) is 0 Å². The molecule has 0 heterocycles. The van der Waals surface area contributed by atoms with Crippen molar-refractivity contribution in [3.05, 3.63) is 0 Å². The van der Waals surface area contributed by atoms with E-state index in [1.54, 1.807) is 0 Å². The Balaban J connectivity index is -0.0000000267. The van der Waals surface area contributed by atoms with E-state index in [0.717, 1.165) is 0 Å². The van der Waals surface area contributed by atoms with Crippen molar-refractivity contribution >= 4 is 15.6 Å². The fourth-order valence-corrected chi connectivity index (χ4v) is 0. The van der Waals surface area contributed by atoms with E-state index in [1.165, 1.54) is 0 Å². The number of hydrogen-bond donors (Lipinski definition) is 2. The molecule has 0 radical (unpaired) electrons. The molecule has 0 fully saturated rings. The van der Waals surface area contributed by atoms with Crippen LogP contribution < -0.4 is 19.6 Å². The molecule has 6 N–H and O–H groups in total. The third kappa shape index (κ3) is 2080. The normalized spacial score (nSPS) is 9.08. The summed E-state index contributed by atoms with van der Waals surface area (Å²) in [5.74, 6) is 0. The number of phosphoric acid groups is 2. The van der Waals surface area contributed by atoms with Gasteiger partial charge in [0.15, 0.2) is 0 Å². The zero-order valence-electron chi connectivity index (χ0n) is 5.74. The molecule has 13 heavy (non-hydrogen) atoms. The second-order valence-electron chi connectivity index (χ2n) is 0.937. The molecule has 0 rings (SSSR count). The van der Waals surface area contributed by atoms with Gasteiger partial charge in [0.05, 0.1) is 15.6 Å². The minimum Gasteiger partial charge on any atom is -0.790 e. The van der Waals surface area contributed by atoms with E-state index in [1.807, 2.05) is 0 Å². The van der Waals surface area contributed by atoms with Gasteiger partial charge < -0.3 is 49.4 Å². The Morgan fingerprint density at radius 1 is 0.769 bits per heavy atom. The molecule has 0 aromatic carbocycles. The Labute approximate surface area is 87.2 Å². The molecule has 0 saturated carbocycles. The van der Waals surface area contributed by atoms with E-state index in [9.17, 15) is 0 Å². The van der Waals surface area contributed by atoms with Crippen molar-refractivity contribution in [3.8, 4) is 0 Å². The zero-order valence-corrected chi connectivity index (χ0v) is 9.09. The van der Waals surface area contributed by atoms with Gasteiger partial charge in [-0.1, -0.05) is 0 Å². The summed E-state index contributed by atoms with van der Waals surface area (Å²) in [6.45, 7) is 0. The predicted molar refractivity (Wildman–Crippen MR) is 26.9 cm³/mol. The summed E-state index contributed by atoms with van der Waals surface area (Å²) < 4.78 is 17.3. The maximum Gasteiger partial charge on any atom is 4.00 e. The molecule has 0 aliphatic carbocycles. The van der Waals surface area contributed by atoms with Crippen LogP contribution in [-0.4, -0.2) is 20.7 Å². The van der Waals surface area contributed by atoms with Crippen molar-refractivity contribution in [2.24, 2.45) is 0 Å². The fourth-order valence-electron chi connectivity index (χ4n) is 0. The summed E-state index contributed by atoms with van der Waals surface area (Å²) in [5.41, 5.74) is 0. The van der Waals surface area contributed by atoms with Crippen LogP contribution >= 0.6 is 15.6 Å². The van der Waals surface area contributed by atoms with Gasteiger partial charge in [0, 0.05) is 0 Å².